The highest BCUT2D eigenvalue weighted by Crippen LogP contribution is 2.43. The van der Waals surface area contributed by atoms with Crippen LogP contribution in [0, 0.1) is 5.92 Å². The van der Waals surface area contributed by atoms with Gasteiger partial charge in [0.1, 0.15) is 5.69 Å². The fraction of sp³-hybridized carbons (Fsp3) is 0.195. The van der Waals surface area contributed by atoms with Crippen molar-refractivity contribution >= 4 is 28.7 Å². The van der Waals surface area contributed by atoms with E-state index >= 15 is 0 Å². The molecule has 1 aromatic heterocycles. The zero-order valence-electron chi connectivity index (χ0n) is 27.1. The minimum atomic E-state index is -0.549. The van der Waals surface area contributed by atoms with E-state index in [1.165, 1.54) is 11.1 Å². The van der Waals surface area contributed by atoms with Crippen molar-refractivity contribution in [2.24, 2.45) is 5.92 Å². The third kappa shape index (κ3) is 7.58. The minimum Gasteiger partial charge on any atom is -0.392 e. The predicted molar refractivity (Wildman–Crippen MR) is 193 cm³/mol. The van der Waals surface area contributed by atoms with E-state index < -0.39 is 6.29 Å². The van der Waals surface area contributed by atoms with Crippen molar-refractivity contribution in [1.82, 2.24) is 15.3 Å². The summed E-state index contributed by atoms with van der Waals surface area (Å²) in [7, 11) is 0. The Morgan fingerprint density at radius 1 is 0.796 bits per heavy atom. The maximum atomic E-state index is 13.0. The second kappa shape index (κ2) is 15.1. The Hall–Kier alpha value is -4.86. The standard InChI is InChI=1S/C41H37N3O4S/c1-27-38(26-49-33-10-3-2-4-11-33)47-41(48-39(27)30-17-15-28(25-45)16-18-30)31-21-19-29(20-22-31)34-12-6-5-9-32(34)23-43-40(46)37-24-42-35-13-7-8-14-36(35)44-37/h2-22,24,27,38-39,41,45H,23,25-26H2,1H3,(H,43,46)/t27-,38+,39+,41+/m1/s1. The number of amides is 1. The van der Waals surface area contributed by atoms with E-state index in [1.807, 2.05) is 72.8 Å². The van der Waals surface area contributed by atoms with Crippen molar-refractivity contribution in [3.05, 3.63) is 162 Å². The summed E-state index contributed by atoms with van der Waals surface area (Å²) in [5.41, 5.74) is 7.62. The normalized spacial score (nSPS) is 19.1. The van der Waals surface area contributed by atoms with Crippen LogP contribution in [0.2, 0.25) is 0 Å². The van der Waals surface area contributed by atoms with Gasteiger partial charge in [-0.15, -0.1) is 11.8 Å². The molecule has 6 aromatic rings. The molecule has 2 heterocycles. The Morgan fingerprint density at radius 2 is 1.49 bits per heavy atom. The number of rotatable bonds is 10. The second-order valence-electron chi connectivity index (χ2n) is 12.2. The van der Waals surface area contributed by atoms with Gasteiger partial charge >= 0.3 is 0 Å². The van der Waals surface area contributed by atoms with E-state index in [2.05, 4.69) is 76.8 Å². The zero-order chi connectivity index (χ0) is 33.6. The summed E-state index contributed by atoms with van der Waals surface area (Å²) < 4.78 is 13.3. The van der Waals surface area contributed by atoms with Crippen molar-refractivity contribution in [3.63, 3.8) is 0 Å². The van der Waals surface area contributed by atoms with Gasteiger partial charge in [-0.3, -0.25) is 9.78 Å². The summed E-state index contributed by atoms with van der Waals surface area (Å²) in [6, 6.07) is 42.2. The van der Waals surface area contributed by atoms with Gasteiger partial charge < -0.3 is 19.9 Å². The lowest BCUT2D eigenvalue weighted by molar-refractivity contribution is -0.268. The molecule has 0 aliphatic carbocycles. The number of aliphatic hydroxyl groups is 1. The lowest BCUT2D eigenvalue weighted by atomic mass is 9.91. The van der Waals surface area contributed by atoms with E-state index in [0.29, 0.717) is 12.1 Å². The molecule has 0 unspecified atom stereocenters. The number of thioether (sulfide) groups is 1. The van der Waals surface area contributed by atoms with Crippen molar-refractivity contribution in [2.45, 2.75) is 43.5 Å². The monoisotopic (exact) mass is 667 g/mol. The molecule has 0 spiro atoms. The fourth-order valence-corrected chi connectivity index (χ4v) is 7.20. The Bertz CT molecular complexity index is 2020. The van der Waals surface area contributed by atoms with Crippen LogP contribution >= 0.6 is 11.8 Å². The van der Waals surface area contributed by atoms with Crippen LogP contribution in [0.4, 0.5) is 0 Å². The predicted octanol–water partition coefficient (Wildman–Crippen LogP) is 8.30. The first kappa shape index (κ1) is 32.7. The van der Waals surface area contributed by atoms with E-state index in [-0.39, 0.29) is 36.3 Å². The molecule has 1 aliphatic heterocycles. The number of aliphatic hydroxyl groups excluding tert-OH is 1. The van der Waals surface area contributed by atoms with Crippen molar-refractivity contribution < 1.29 is 19.4 Å². The van der Waals surface area contributed by atoms with Gasteiger partial charge in [-0.25, -0.2) is 4.98 Å². The van der Waals surface area contributed by atoms with Gasteiger partial charge in [0.05, 0.1) is 36.0 Å². The molecule has 7 nitrogen and oxygen atoms in total. The summed E-state index contributed by atoms with van der Waals surface area (Å²) in [5.74, 6) is 0.622. The van der Waals surface area contributed by atoms with Gasteiger partial charge in [0, 0.05) is 28.7 Å². The molecule has 8 heteroatoms. The maximum absolute atomic E-state index is 13.0. The minimum absolute atomic E-state index is 0.00438. The number of nitrogens with one attached hydrogen (secondary N) is 1. The van der Waals surface area contributed by atoms with Crippen LogP contribution < -0.4 is 5.32 Å². The number of para-hydroxylation sites is 2. The van der Waals surface area contributed by atoms with E-state index in [1.54, 1.807) is 11.8 Å². The SMILES string of the molecule is C[C@@H]1[C@H](CSc2ccccc2)O[C@H](c2ccc(-c3ccccc3CNC(=O)c3cnc4ccccc4n3)cc2)O[C@@H]1c1ccc(CO)cc1. The number of ether oxygens (including phenoxy) is 2. The van der Waals surface area contributed by atoms with Crippen LogP contribution in [0.15, 0.2) is 138 Å². The highest BCUT2D eigenvalue weighted by molar-refractivity contribution is 7.99. The van der Waals surface area contributed by atoms with Crippen LogP contribution in [-0.2, 0) is 22.6 Å². The fourth-order valence-electron chi connectivity index (χ4n) is 6.11. The maximum Gasteiger partial charge on any atom is 0.271 e. The second-order valence-corrected chi connectivity index (χ2v) is 13.2. The van der Waals surface area contributed by atoms with E-state index in [9.17, 15) is 9.90 Å². The van der Waals surface area contributed by atoms with Crippen LogP contribution in [0.3, 0.4) is 0 Å². The third-order valence-corrected chi connectivity index (χ3v) is 10.0. The number of aromatic nitrogens is 2. The first-order valence-corrected chi connectivity index (χ1v) is 17.4. The molecule has 1 aliphatic rings. The zero-order valence-corrected chi connectivity index (χ0v) is 27.9. The summed E-state index contributed by atoms with van der Waals surface area (Å²) >= 11 is 1.79. The van der Waals surface area contributed by atoms with Gasteiger partial charge in [0.15, 0.2) is 6.29 Å². The van der Waals surface area contributed by atoms with Crippen LogP contribution in [0.5, 0.6) is 0 Å². The van der Waals surface area contributed by atoms with Crippen LogP contribution in [-0.4, -0.2) is 32.8 Å². The molecule has 49 heavy (non-hydrogen) atoms. The summed E-state index contributed by atoms with van der Waals surface area (Å²) in [4.78, 5) is 23.1. The molecule has 4 atom stereocenters. The molecule has 246 valence electrons. The average molecular weight is 668 g/mol. The van der Waals surface area contributed by atoms with Gasteiger partial charge in [-0.05, 0) is 52.1 Å². The van der Waals surface area contributed by atoms with Gasteiger partial charge in [-0.1, -0.05) is 110 Å². The molecule has 1 saturated heterocycles. The summed E-state index contributed by atoms with van der Waals surface area (Å²) in [6.45, 7) is 2.53. The van der Waals surface area contributed by atoms with Gasteiger partial charge in [0.2, 0.25) is 0 Å². The Morgan fingerprint density at radius 3 is 2.27 bits per heavy atom. The molecule has 7 rings (SSSR count). The quantitative estimate of drug-likeness (QED) is 0.142. The molecule has 0 bridgehead atoms. The molecule has 2 N–H and O–H groups in total. The first-order chi connectivity index (χ1) is 24.1. The summed E-state index contributed by atoms with van der Waals surface area (Å²) in [5, 5.41) is 12.6. The highest BCUT2D eigenvalue weighted by atomic mass is 32.2. The van der Waals surface area contributed by atoms with Gasteiger partial charge in [-0.2, -0.15) is 0 Å². The molecule has 0 radical (unpaired) electrons. The lowest BCUT2D eigenvalue weighted by Gasteiger charge is -2.41. The smallest absolute Gasteiger partial charge is 0.271 e. The largest absolute Gasteiger partial charge is 0.392 e. The van der Waals surface area contributed by atoms with E-state index in [0.717, 1.165) is 44.7 Å². The molecule has 1 amide bonds. The topological polar surface area (TPSA) is 93.6 Å². The molecular formula is C41H37N3O4S. The molecule has 0 saturated carbocycles. The van der Waals surface area contributed by atoms with Crippen molar-refractivity contribution in [3.8, 4) is 11.1 Å². The number of benzene rings is 5. The number of nitrogens with zero attached hydrogens (tertiary/aromatic N) is 2. The van der Waals surface area contributed by atoms with Gasteiger partial charge in [0.25, 0.3) is 5.91 Å². The van der Waals surface area contributed by atoms with Crippen molar-refractivity contribution in [1.29, 1.82) is 0 Å². The highest BCUT2D eigenvalue weighted by Gasteiger charge is 2.38. The molecule has 1 fully saturated rings. The Balaban J connectivity index is 1.08. The third-order valence-electron chi connectivity index (χ3n) is 8.91. The average Bonchev–Trinajstić information content (AvgIpc) is 3.17. The summed E-state index contributed by atoms with van der Waals surface area (Å²) in [6.07, 6.45) is 0.733. The lowest BCUT2D eigenvalue weighted by Crippen LogP contribution is -2.38. The first-order valence-electron chi connectivity index (χ1n) is 16.4. The van der Waals surface area contributed by atoms with Crippen LogP contribution in [0.1, 0.15) is 52.1 Å². The van der Waals surface area contributed by atoms with E-state index in [4.69, 9.17) is 9.47 Å². The number of carbonyl (C=O) groups excluding carboxylic acids is 1. The number of fused-ring (bicyclic) bond motifs is 1. The Kier molecular flexibility index (Phi) is 10.1. The van der Waals surface area contributed by atoms with Crippen molar-refractivity contribution in [2.75, 3.05) is 5.75 Å². The molecular weight excluding hydrogens is 631 g/mol. The number of carbonyl (C=O) groups is 1. The molecule has 5 aromatic carbocycles. The number of hydrogen-bond donors (Lipinski definition) is 2. The number of hydrogen-bond acceptors (Lipinski definition) is 7. The van der Waals surface area contributed by atoms with Crippen LogP contribution in [0.25, 0.3) is 22.2 Å². The Labute approximate surface area is 290 Å².